The van der Waals surface area contributed by atoms with Crippen LogP contribution in [0.5, 0.6) is 11.6 Å². The number of methoxy groups -OCH3 is 2. The van der Waals surface area contributed by atoms with Gasteiger partial charge in [0, 0.05) is 30.9 Å². The molecule has 0 saturated carbocycles. The number of rotatable bonds is 6. The quantitative estimate of drug-likeness (QED) is 0.878. The highest BCUT2D eigenvalue weighted by atomic mass is 16.5. The Kier molecular flexibility index (Phi) is 4.96. The molecule has 4 heteroatoms. The summed E-state index contributed by atoms with van der Waals surface area (Å²) in [4.78, 5) is 4.18. The van der Waals surface area contributed by atoms with Crippen LogP contribution in [-0.2, 0) is 13.1 Å². The van der Waals surface area contributed by atoms with E-state index in [2.05, 4.69) is 29.4 Å². The van der Waals surface area contributed by atoms with Crippen LogP contribution in [0.25, 0.3) is 0 Å². The molecule has 1 heterocycles. The summed E-state index contributed by atoms with van der Waals surface area (Å²) < 4.78 is 10.4. The van der Waals surface area contributed by atoms with Gasteiger partial charge in [-0.3, -0.25) is 0 Å². The first-order valence-corrected chi connectivity index (χ1v) is 6.56. The Labute approximate surface area is 119 Å². The number of hydrogen-bond acceptors (Lipinski definition) is 4. The van der Waals surface area contributed by atoms with Gasteiger partial charge in [-0.1, -0.05) is 23.8 Å². The standard InChI is InChI=1S/C16H20N2O2/c1-12-4-6-15(19-2)14(8-12)11-17-9-13-5-7-16(20-3)18-10-13/h4-8,10,17H,9,11H2,1-3H3. The Morgan fingerprint density at radius 3 is 2.55 bits per heavy atom. The number of aryl methyl sites for hydroxylation is 1. The molecule has 0 aliphatic carbocycles. The van der Waals surface area contributed by atoms with E-state index in [1.165, 1.54) is 5.56 Å². The van der Waals surface area contributed by atoms with E-state index in [1.54, 1.807) is 14.2 Å². The number of aromatic nitrogens is 1. The maximum Gasteiger partial charge on any atom is 0.212 e. The highest BCUT2D eigenvalue weighted by Gasteiger charge is 2.03. The molecule has 0 spiro atoms. The Balaban J connectivity index is 1.93. The molecule has 1 aromatic carbocycles. The molecule has 2 rings (SSSR count). The Hall–Kier alpha value is -2.07. The van der Waals surface area contributed by atoms with Crippen LogP contribution in [0.4, 0.5) is 0 Å². The SMILES string of the molecule is COc1ccc(CNCc2cc(C)ccc2OC)cn1. The van der Waals surface area contributed by atoms with Gasteiger partial charge in [0.05, 0.1) is 14.2 Å². The molecule has 0 aliphatic rings. The molecule has 20 heavy (non-hydrogen) atoms. The van der Waals surface area contributed by atoms with Crippen LogP contribution < -0.4 is 14.8 Å². The molecule has 1 aromatic heterocycles. The molecule has 0 radical (unpaired) electrons. The van der Waals surface area contributed by atoms with E-state index in [9.17, 15) is 0 Å². The minimum Gasteiger partial charge on any atom is -0.496 e. The zero-order valence-corrected chi connectivity index (χ0v) is 12.1. The van der Waals surface area contributed by atoms with Gasteiger partial charge in [-0.05, 0) is 18.6 Å². The predicted octanol–water partition coefficient (Wildman–Crippen LogP) is 2.70. The zero-order chi connectivity index (χ0) is 14.4. The molecular formula is C16H20N2O2. The van der Waals surface area contributed by atoms with Crippen molar-refractivity contribution in [3.63, 3.8) is 0 Å². The second kappa shape index (κ2) is 6.91. The van der Waals surface area contributed by atoms with E-state index in [4.69, 9.17) is 9.47 Å². The number of nitrogens with zero attached hydrogens (tertiary/aromatic N) is 1. The normalized spacial score (nSPS) is 10.3. The maximum atomic E-state index is 5.36. The summed E-state index contributed by atoms with van der Waals surface area (Å²) in [6.45, 7) is 3.60. The molecule has 0 amide bonds. The van der Waals surface area contributed by atoms with Gasteiger partial charge < -0.3 is 14.8 Å². The van der Waals surface area contributed by atoms with Crippen LogP contribution in [0, 0.1) is 6.92 Å². The largest absolute Gasteiger partial charge is 0.496 e. The fourth-order valence-corrected chi connectivity index (χ4v) is 2.02. The van der Waals surface area contributed by atoms with Crippen LogP contribution in [0.3, 0.4) is 0 Å². The van der Waals surface area contributed by atoms with E-state index in [0.29, 0.717) is 5.88 Å². The van der Waals surface area contributed by atoms with E-state index in [0.717, 1.165) is 30.0 Å². The maximum absolute atomic E-state index is 5.36. The number of pyridine rings is 1. The van der Waals surface area contributed by atoms with Crippen LogP contribution in [0.2, 0.25) is 0 Å². The average Bonchev–Trinajstić information content (AvgIpc) is 2.48. The van der Waals surface area contributed by atoms with Gasteiger partial charge in [-0.15, -0.1) is 0 Å². The van der Waals surface area contributed by atoms with Crippen molar-refractivity contribution in [2.24, 2.45) is 0 Å². The van der Waals surface area contributed by atoms with E-state index >= 15 is 0 Å². The molecule has 0 fully saturated rings. The highest BCUT2D eigenvalue weighted by Crippen LogP contribution is 2.19. The Morgan fingerprint density at radius 2 is 1.90 bits per heavy atom. The first-order chi connectivity index (χ1) is 9.72. The van der Waals surface area contributed by atoms with Crippen molar-refractivity contribution in [2.75, 3.05) is 14.2 Å². The number of benzene rings is 1. The summed E-state index contributed by atoms with van der Waals surface area (Å²) in [6.07, 6.45) is 1.82. The lowest BCUT2D eigenvalue weighted by atomic mass is 10.1. The number of nitrogens with one attached hydrogen (secondary N) is 1. The zero-order valence-electron chi connectivity index (χ0n) is 12.1. The molecule has 0 atom stereocenters. The van der Waals surface area contributed by atoms with Crippen molar-refractivity contribution in [3.8, 4) is 11.6 Å². The minimum atomic E-state index is 0.633. The summed E-state index contributed by atoms with van der Waals surface area (Å²) in [6, 6.07) is 10.1. The number of ether oxygens (including phenoxy) is 2. The summed E-state index contributed by atoms with van der Waals surface area (Å²) in [5.74, 6) is 1.55. The fraction of sp³-hybridized carbons (Fsp3) is 0.312. The Morgan fingerprint density at radius 1 is 1.05 bits per heavy atom. The lowest BCUT2D eigenvalue weighted by Crippen LogP contribution is -2.13. The Bertz CT molecular complexity index is 553. The summed E-state index contributed by atoms with van der Waals surface area (Å²) in [5.41, 5.74) is 3.51. The second-order valence-corrected chi connectivity index (χ2v) is 4.63. The van der Waals surface area contributed by atoms with E-state index in [-0.39, 0.29) is 0 Å². The van der Waals surface area contributed by atoms with E-state index < -0.39 is 0 Å². The molecule has 2 aromatic rings. The molecule has 0 bridgehead atoms. The summed E-state index contributed by atoms with van der Waals surface area (Å²) >= 11 is 0. The van der Waals surface area contributed by atoms with Crippen LogP contribution in [0.15, 0.2) is 36.5 Å². The molecule has 4 nitrogen and oxygen atoms in total. The van der Waals surface area contributed by atoms with Gasteiger partial charge in [0.2, 0.25) is 5.88 Å². The van der Waals surface area contributed by atoms with Gasteiger partial charge in [-0.25, -0.2) is 4.98 Å². The molecule has 0 saturated heterocycles. The second-order valence-electron chi connectivity index (χ2n) is 4.63. The first-order valence-electron chi connectivity index (χ1n) is 6.56. The van der Waals surface area contributed by atoms with Crippen molar-refractivity contribution < 1.29 is 9.47 Å². The van der Waals surface area contributed by atoms with Crippen molar-refractivity contribution in [1.29, 1.82) is 0 Å². The molecule has 1 N–H and O–H groups in total. The van der Waals surface area contributed by atoms with Gasteiger partial charge in [0.15, 0.2) is 0 Å². The number of hydrogen-bond donors (Lipinski definition) is 1. The average molecular weight is 272 g/mol. The fourth-order valence-electron chi connectivity index (χ4n) is 2.02. The third-order valence-electron chi connectivity index (χ3n) is 3.09. The topological polar surface area (TPSA) is 43.4 Å². The highest BCUT2D eigenvalue weighted by molar-refractivity contribution is 5.36. The van der Waals surface area contributed by atoms with Crippen LogP contribution in [0.1, 0.15) is 16.7 Å². The van der Waals surface area contributed by atoms with Crippen LogP contribution in [-0.4, -0.2) is 19.2 Å². The summed E-state index contributed by atoms with van der Waals surface area (Å²) in [5, 5.41) is 3.40. The molecule has 0 aliphatic heterocycles. The lowest BCUT2D eigenvalue weighted by molar-refractivity contribution is 0.397. The first kappa shape index (κ1) is 14.3. The monoisotopic (exact) mass is 272 g/mol. The minimum absolute atomic E-state index is 0.633. The third kappa shape index (κ3) is 3.71. The van der Waals surface area contributed by atoms with Gasteiger partial charge in [-0.2, -0.15) is 0 Å². The molecular weight excluding hydrogens is 252 g/mol. The molecule has 106 valence electrons. The molecule has 0 unspecified atom stereocenters. The smallest absolute Gasteiger partial charge is 0.212 e. The third-order valence-corrected chi connectivity index (χ3v) is 3.09. The predicted molar refractivity (Wildman–Crippen MR) is 79.1 cm³/mol. The van der Waals surface area contributed by atoms with Crippen molar-refractivity contribution in [1.82, 2.24) is 10.3 Å². The lowest BCUT2D eigenvalue weighted by Gasteiger charge is -2.10. The van der Waals surface area contributed by atoms with Gasteiger partial charge >= 0.3 is 0 Å². The van der Waals surface area contributed by atoms with Crippen molar-refractivity contribution in [2.45, 2.75) is 20.0 Å². The van der Waals surface area contributed by atoms with Crippen molar-refractivity contribution in [3.05, 3.63) is 53.2 Å². The van der Waals surface area contributed by atoms with Gasteiger partial charge in [0.25, 0.3) is 0 Å². The van der Waals surface area contributed by atoms with Crippen LogP contribution >= 0.6 is 0 Å². The van der Waals surface area contributed by atoms with Gasteiger partial charge in [0.1, 0.15) is 5.75 Å². The van der Waals surface area contributed by atoms with Crippen molar-refractivity contribution >= 4 is 0 Å². The van der Waals surface area contributed by atoms with E-state index in [1.807, 2.05) is 24.4 Å². The summed E-state index contributed by atoms with van der Waals surface area (Å²) in [7, 11) is 3.31.